The summed E-state index contributed by atoms with van der Waals surface area (Å²) in [6.45, 7) is 10.5. The molecule has 1 aromatic heterocycles. The number of piperazine rings is 1. The maximum absolute atomic E-state index is 4.24. The third-order valence-corrected chi connectivity index (χ3v) is 6.21. The molecule has 0 saturated carbocycles. The van der Waals surface area contributed by atoms with Gasteiger partial charge in [0.1, 0.15) is 0 Å². The highest BCUT2D eigenvalue weighted by atomic mass is 35.5. The second-order valence-electron chi connectivity index (χ2n) is 7.97. The van der Waals surface area contributed by atoms with E-state index < -0.39 is 0 Å². The average molecular weight is 513 g/mol. The highest BCUT2D eigenvalue weighted by molar-refractivity contribution is 5.86. The van der Waals surface area contributed by atoms with Gasteiger partial charge in [-0.3, -0.25) is 14.9 Å². The van der Waals surface area contributed by atoms with Crippen molar-refractivity contribution < 1.29 is 0 Å². The largest absolute Gasteiger partial charge is 0.369 e. The van der Waals surface area contributed by atoms with Crippen LogP contribution in [0.2, 0.25) is 0 Å². The fourth-order valence-corrected chi connectivity index (χ4v) is 4.61. The zero-order valence-electron chi connectivity index (χ0n) is 18.2. The van der Waals surface area contributed by atoms with Gasteiger partial charge < -0.3 is 4.90 Å². The number of aromatic nitrogens is 2. The Bertz CT molecular complexity index is 707. The fourth-order valence-electron chi connectivity index (χ4n) is 4.61. The Kier molecular flexibility index (Phi) is 14.9. The Hall–Kier alpha value is -0.690. The Morgan fingerprint density at radius 2 is 1.71 bits per heavy atom. The van der Waals surface area contributed by atoms with Gasteiger partial charge in [0.05, 0.1) is 6.20 Å². The van der Waals surface area contributed by atoms with Gasteiger partial charge in [-0.15, -0.1) is 49.6 Å². The number of H-pyrrole nitrogens is 1. The number of aryl methyl sites for hydroxylation is 1. The highest BCUT2D eigenvalue weighted by Crippen LogP contribution is 2.23. The van der Waals surface area contributed by atoms with Crippen molar-refractivity contribution in [2.24, 2.45) is 0 Å². The zero-order chi connectivity index (χ0) is 18.5. The van der Waals surface area contributed by atoms with Crippen molar-refractivity contribution >= 4 is 55.3 Å². The molecular weight excluding hydrogens is 476 g/mol. The standard InChI is InChI=1S/C22H33N5.4ClH/c1-2-10-26(21-8-9-22-19(17-21)18-23-24-22)14-11-25-12-15-27(16-13-25)20-6-4-3-5-7-20;;;;/h3-7,18,21H,2,8-17H2,1H3,(H,23,24);4*1H. The minimum Gasteiger partial charge on any atom is -0.369 e. The van der Waals surface area contributed by atoms with E-state index in [1.54, 1.807) is 0 Å². The lowest BCUT2D eigenvalue weighted by molar-refractivity contribution is 0.145. The van der Waals surface area contributed by atoms with Crippen molar-refractivity contribution in [2.45, 2.75) is 38.6 Å². The molecule has 1 unspecified atom stereocenters. The van der Waals surface area contributed by atoms with Crippen molar-refractivity contribution in [3.8, 4) is 0 Å². The van der Waals surface area contributed by atoms with Gasteiger partial charge >= 0.3 is 0 Å². The third-order valence-electron chi connectivity index (χ3n) is 6.21. The predicted octanol–water partition coefficient (Wildman–Crippen LogP) is 4.49. The van der Waals surface area contributed by atoms with Gasteiger partial charge in [-0.1, -0.05) is 25.1 Å². The molecule has 9 heteroatoms. The lowest BCUT2D eigenvalue weighted by Gasteiger charge is -2.39. The first kappa shape index (κ1) is 30.3. The molecule has 31 heavy (non-hydrogen) atoms. The molecule has 0 spiro atoms. The topological polar surface area (TPSA) is 38.4 Å². The summed E-state index contributed by atoms with van der Waals surface area (Å²) >= 11 is 0. The van der Waals surface area contributed by atoms with E-state index in [4.69, 9.17) is 0 Å². The van der Waals surface area contributed by atoms with E-state index in [2.05, 4.69) is 62.2 Å². The average Bonchev–Trinajstić information content (AvgIpc) is 3.20. The summed E-state index contributed by atoms with van der Waals surface area (Å²) in [5.74, 6) is 0. The lowest BCUT2D eigenvalue weighted by atomic mass is 9.92. The summed E-state index contributed by atoms with van der Waals surface area (Å²) in [4.78, 5) is 7.90. The molecule has 2 aliphatic rings. The Balaban J connectivity index is 0.00000225. The first-order valence-electron chi connectivity index (χ1n) is 10.6. The van der Waals surface area contributed by atoms with Crippen LogP contribution in [0.4, 0.5) is 5.69 Å². The van der Waals surface area contributed by atoms with Gasteiger partial charge in [-0.05, 0) is 49.9 Å². The molecule has 2 aromatic rings. The van der Waals surface area contributed by atoms with Gasteiger partial charge in [0.25, 0.3) is 0 Å². The number of nitrogens with one attached hydrogen (secondary N) is 1. The zero-order valence-corrected chi connectivity index (χ0v) is 21.5. The second-order valence-corrected chi connectivity index (χ2v) is 7.97. The molecule has 0 amide bonds. The minimum atomic E-state index is 0. The number of hydrogen-bond donors (Lipinski definition) is 1. The van der Waals surface area contributed by atoms with Crippen LogP contribution in [0.25, 0.3) is 0 Å². The van der Waals surface area contributed by atoms with Crippen LogP contribution < -0.4 is 4.90 Å². The molecule has 1 atom stereocenters. The quantitative estimate of drug-likeness (QED) is 0.593. The number of aromatic amines is 1. The molecule has 178 valence electrons. The smallest absolute Gasteiger partial charge is 0.0522 e. The van der Waals surface area contributed by atoms with Crippen LogP contribution in [0.3, 0.4) is 0 Å². The number of halogens is 4. The molecule has 2 heterocycles. The second kappa shape index (κ2) is 15.2. The van der Waals surface area contributed by atoms with Gasteiger partial charge in [-0.2, -0.15) is 5.10 Å². The molecule has 1 fully saturated rings. The molecule has 0 bridgehead atoms. The number of benzene rings is 1. The van der Waals surface area contributed by atoms with Crippen molar-refractivity contribution in [1.29, 1.82) is 0 Å². The van der Waals surface area contributed by atoms with Crippen LogP contribution >= 0.6 is 49.6 Å². The number of para-hydroxylation sites is 1. The number of rotatable bonds is 7. The van der Waals surface area contributed by atoms with Crippen LogP contribution in [0.1, 0.15) is 31.0 Å². The summed E-state index contributed by atoms with van der Waals surface area (Å²) < 4.78 is 0. The molecule has 1 aliphatic carbocycles. The molecule has 5 nitrogen and oxygen atoms in total. The Labute approximate surface area is 212 Å². The van der Waals surface area contributed by atoms with Crippen molar-refractivity contribution in [3.05, 3.63) is 47.8 Å². The number of hydrogen-bond acceptors (Lipinski definition) is 4. The molecule has 4 rings (SSSR count). The molecule has 1 saturated heterocycles. The van der Waals surface area contributed by atoms with Gasteiger partial charge in [0, 0.05) is 56.7 Å². The normalized spacial score (nSPS) is 18.1. The maximum atomic E-state index is 4.24. The van der Waals surface area contributed by atoms with Crippen LogP contribution in [0.5, 0.6) is 0 Å². The fraction of sp³-hybridized carbons (Fsp3) is 0.591. The van der Waals surface area contributed by atoms with Gasteiger partial charge in [0.15, 0.2) is 0 Å². The van der Waals surface area contributed by atoms with Crippen molar-refractivity contribution in [1.82, 2.24) is 20.0 Å². The van der Waals surface area contributed by atoms with Crippen LogP contribution in [-0.4, -0.2) is 71.9 Å². The predicted molar refractivity (Wildman–Crippen MR) is 140 cm³/mol. The van der Waals surface area contributed by atoms with Gasteiger partial charge in [-0.25, -0.2) is 0 Å². The van der Waals surface area contributed by atoms with E-state index in [9.17, 15) is 0 Å². The van der Waals surface area contributed by atoms with E-state index in [-0.39, 0.29) is 49.6 Å². The monoisotopic (exact) mass is 511 g/mol. The third kappa shape index (κ3) is 7.99. The van der Waals surface area contributed by atoms with Crippen molar-refractivity contribution in [3.63, 3.8) is 0 Å². The summed E-state index contributed by atoms with van der Waals surface area (Å²) in [6, 6.07) is 11.5. The Morgan fingerprint density at radius 3 is 2.39 bits per heavy atom. The van der Waals surface area contributed by atoms with Crippen LogP contribution in [0.15, 0.2) is 36.5 Å². The first-order valence-corrected chi connectivity index (χ1v) is 10.6. The maximum Gasteiger partial charge on any atom is 0.0522 e. The molecule has 0 radical (unpaired) electrons. The Morgan fingerprint density at radius 1 is 1.00 bits per heavy atom. The number of nitrogens with zero attached hydrogens (tertiary/aromatic N) is 4. The first-order chi connectivity index (χ1) is 13.3. The molecule has 1 aliphatic heterocycles. The molecule has 1 N–H and O–H groups in total. The van der Waals surface area contributed by atoms with E-state index in [0.717, 1.165) is 25.9 Å². The van der Waals surface area contributed by atoms with E-state index in [1.165, 1.54) is 62.5 Å². The summed E-state index contributed by atoms with van der Waals surface area (Å²) in [7, 11) is 0. The van der Waals surface area contributed by atoms with Gasteiger partial charge in [0.2, 0.25) is 0 Å². The number of fused-ring (bicyclic) bond motifs is 1. The van der Waals surface area contributed by atoms with E-state index >= 15 is 0 Å². The molecular formula is C22H37Cl4N5. The lowest BCUT2D eigenvalue weighted by Crippen LogP contribution is -2.50. The highest BCUT2D eigenvalue weighted by Gasteiger charge is 2.26. The number of anilines is 1. The summed E-state index contributed by atoms with van der Waals surface area (Å²) in [6.07, 6.45) is 6.84. The van der Waals surface area contributed by atoms with Crippen LogP contribution in [-0.2, 0) is 12.8 Å². The van der Waals surface area contributed by atoms with E-state index in [1.807, 2.05) is 6.20 Å². The van der Waals surface area contributed by atoms with E-state index in [0.29, 0.717) is 6.04 Å². The SMILES string of the molecule is CCCN(CCN1CCN(c2ccccc2)CC1)C1CCc2[nH]ncc2C1.Cl.Cl.Cl.Cl. The minimum absolute atomic E-state index is 0. The summed E-state index contributed by atoms with van der Waals surface area (Å²) in [5.41, 5.74) is 4.16. The van der Waals surface area contributed by atoms with Crippen LogP contribution in [0, 0.1) is 0 Å². The summed E-state index contributed by atoms with van der Waals surface area (Å²) in [5, 5.41) is 7.41. The van der Waals surface area contributed by atoms with Crippen molar-refractivity contribution in [2.75, 3.05) is 50.7 Å². The molecule has 1 aromatic carbocycles.